The molecular weight excluding hydrogens is 128 g/mol. The number of carbonyl (C=O) groups excluding carboxylic acids is 1. The van der Waals surface area contributed by atoms with E-state index in [1.54, 1.807) is 24.9 Å². The molecule has 1 heterocycles. The molecule has 3 nitrogen and oxygen atoms in total. The molecule has 1 radical (unpaired) electrons. The molecule has 0 aromatic carbocycles. The van der Waals surface area contributed by atoms with Crippen LogP contribution in [0.3, 0.4) is 0 Å². The van der Waals surface area contributed by atoms with Crippen LogP contribution in [0.2, 0.25) is 0 Å². The molecule has 0 spiro atoms. The minimum Gasteiger partial charge on any atom is -0.366 e. The third kappa shape index (κ3) is 1.78. The van der Waals surface area contributed by atoms with Gasteiger partial charge in [-0.3, -0.25) is 4.79 Å². The maximum Gasteiger partial charge on any atom is 0.314 e. The summed E-state index contributed by atoms with van der Waals surface area (Å²) in [5.74, 6) is 0. The number of allylic oxidation sites excluding steroid dienone is 3. The van der Waals surface area contributed by atoms with E-state index in [0.717, 1.165) is 0 Å². The number of amides is 1. The van der Waals surface area contributed by atoms with Crippen LogP contribution in [-0.4, -0.2) is 6.41 Å². The maximum atomic E-state index is 9.83. The molecule has 0 saturated carbocycles. The zero-order valence-electron chi connectivity index (χ0n) is 5.29. The summed E-state index contributed by atoms with van der Waals surface area (Å²) >= 11 is 0. The standard InChI is InChI=1S/C7H7N2O/c10-6-9-7-3-1-2-4-8-5-7/h1-5,8H,(H,9,10). The van der Waals surface area contributed by atoms with E-state index in [0.29, 0.717) is 5.70 Å². The maximum absolute atomic E-state index is 9.83. The van der Waals surface area contributed by atoms with E-state index in [1.807, 2.05) is 12.2 Å². The highest BCUT2D eigenvalue weighted by molar-refractivity contribution is 5.53. The van der Waals surface area contributed by atoms with Crippen LogP contribution in [-0.2, 0) is 4.79 Å². The molecule has 0 saturated heterocycles. The summed E-state index contributed by atoms with van der Waals surface area (Å²) in [6.45, 7) is 0. The second kappa shape index (κ2) is 3.50. The molecule has 1 aliphatic rings. The van der Waals surface area contributed by atoms with Crippen LogP contribution in [0.4, 0.5) is 0 Å². The summed E-state index contributed by atoms with van der Waals surface area (Å²) in [5, 5.41) is 5.23. The van der Waals surface area contributed by atoms with Gasteiger partial charge in [0, 0.05) is 12.4 Å². The lowest BCUT2D eigenvalue weighted by atomic mass is 10.4. The first-order valence-electron chi connectivity index (χ1n) is 2.86. The van der Waals surface area contributed by atoms with Crippen LogP contribution >= 0.6 is 0 Å². The Balaban J connectivity index is 2.59. The highest BCUT2D eigenvalue weighted by Crippen LogP contribution is 1.92. The number of rotatable bonds is 2. The van der Waals surface area contributed by atoms with Crippen molar-refractivity contribution >= 4 is 6.41 Å². The zero-order chi connectivity index (χ0) is 7.23. The normalized spacial score (nSPS) is 15.0. The lowest BCUT2D eigenvalue weighted by Crippen LogP contribution is -2.10. The second-order valence-electron chi connectivity index (χ2n) is 1.71. The average Bonchev–Trinajstić information content (AvgIpc) is 2.17. The third-order valence-corrected chi connectivity index (χ3v) is 1.01. The molecule has 0 fully saturated rings. The van der Waals surface area contributed by atoms with Gasteiger partial charge in [0.15, 0.2) is 0 Å². The van der Waals surface area contributed by atoms with E-state index in [4.69, 9.17) is 0 Å². The lowest BCUT2D eigenvalue weighted by molar-refractivity contribution is 0.549. The Morgan fingerprint density at radius 2 is 2.40 bits per heavy atom. The average molecular weight is 135 g/mol. The van der Waals surface area contributed by atoms with Crippen molar-refractivity contribution in [2.75, 3.05) is 0 Å². The van der Waals surface area contributed by atoms with Crippen LogP contribution < -0.4 is 10.6 Å². The lowest BCUT2D eigenvalue weighted by Gasteiger charge is -1.94. The van der Waals surface area contributed by atoms with Gasteiger partial charge in [0.25, 0.3) is 0 Å². The van der Waals surface area contributed by atoms with Crippen LogP contribution in [0, 0.1) is 0 Å². The topological polar surface area (TPSA) is 41.1 Å². The van der Waals surface area contributed by atoms with E-state index in [2.05, 4.69) is 10.6 Å². The van der Waals surface area contributed by atoms with Crippen molar-refractivity contribution in [1.82, 2.24) is 10.6 Å². The summed E-state index contributed by atoms with van der Waals surface area (Å²) in [4.78, 5) is 9.83. The van der Waals surface area contributed by atoms with Crippen molar-refractivity contribution in [3.8, 4) is 0 Å². The predicted molar refractivity (Wildman–Crippen MR) is 38.3 cm³/mol. The van der Waals surface area contributed by atoms with E-state index in [9.17, 15) is 4.79 Å². The molecule has 0 aromatic heterocycles. The van der Waals surface area contributed by atoms with Gasteiger partial charge in [0.2, 0.25) is 0 Å². The largest absolute Gasteiger partial charge is 0.366 e. The summed E-state index contributed by atoms with van der Waals surface area (Å²) in [6.07, 6.45) is 10.4. The minimum absolute atomic E-state index is 0.694. The van der Waals surface area contributed by atoms with Gasteiger partial charge in [-0.25, -0.2) is 0 Å². The molecule has 0 bridgehead atoms. The first kappa shape index (κ1) is 6.61. The molecule has 2 N–H and O–H groups in total. The quantitative estimate of drug-likeness (QED) is 0.529. The van der Waals surface area contributed by atoms with Crippen molar-refractivity contribution in [3.63, 3.8) is 0 Å². The molecule has 0 atom stereocenters. The van der Waals surface area contributed by atoms with Crippen LogP contribution in [0.15, 0.2) is 36.3 Å². The van der Waals surface area contributed by atoms with Crippen LogP contribution in [0.5, 0.6) is 0 Å². The molecule has 0 unspecified atom stereocenters. The number of hydrogen-bond donors (Lipinski definition) is 2. The Hall–Kier alpha value is -1.51. The smallest absolute Gasteiger partial charge is 0.314 e. The van der Waals surface area contributed by atoms with Crippen molar-refractivity contribution < 1.29 is 4.79 Å². The van der Waals surface area contributed by atoms with Gasteiger partial charge in [-0.2, -0.15) is 0 Å². The Bertz CT molecular complexity index is 204. The van der Waals surface area contributed by atoms with E-state index < -0.39 is 0 Å². The van der Waals surface area contributed by atoms with Crippen molar-refractivity contribution in [3.05, 3.63) is 36.3 Å². The van der Waals surface area contributed by atoms with Gasteiger partial charge in [0.05, 0.1) is 5.70 Å². The fraction of sp³-hybridized carbons (Fsp3) is 0. The molecule has 3 heteroatoms. The summed E-state index contributed by atoms with van der Waals surface area (Å²) < 4.78 is 0. The van der Waals surface area contributed by atoms with Crippen LogP contribution in [0.25, 0.3) is 0 Å². The molecular formula is C7H7N2O. The Labute approximate surface area is 59.1 Å². The molecule has 0 aromatic rings. The predicted octanol–water partition coefficient (Wildman–Crippen LogP) is 0.158. The molecule has 1 aliphatic heterocycles. The zero-order valence-corrected chi connectivity index (χ0v) is 5.29. The van der Waals surface area contributed by atoms with E-state index in [-0.39, 0.29) is 0 Å². The van der Waals surface area contributed by atoms with Gasteiger partial charge in [-0.1, -0.05) is 6.08 Å². The SMILES string of the molecule is O=[C]NC1=CNC=CC=C1. The Kier molecular flexibility index (Phi) is 2.31. The highest BCUT2D eigenvalue weighted by Gasteiger charge is 1.88. The molecule has 51 valence electrons. The Morgan fingerprint density at radius 3 is 3.20 bits per heavy atom. The fourth-order valence-corrected chi connectivity index (χ4v) is 0.593. The molecule has 0 aliphatic carbocycles. The first-order chi connectivity index (χ1) is 4.93. The Morgan fingerprint density at radius 1 is 1.50 bits per heavy atom. The van der Waals surface area contributed by atoms with Gasteiger partial charge in [-0.05, 0) is 12.2 Å². The third-order valence-electron chi connectivity index (χ3n) is 1.01. The summed E-state index contributed by atoms with van der Waals surface area (Å²) in [6, 6.07) is 0. The van der Waals surface area contributed by atoms with Gasteiger partial charge in [-0.15, -0.1) is 0 Å². The minimum atomic E-state index is 0.694. The first-order valence-corrected chi connectivity index (χ1v) is 2.86. The van der Waals surface area contributed by atoms with Gasteiger partial charge >= 0.3 is 6.41 Å². The molecule has 1 rings (SSSR count). The van der Waals surface area contributed by atoms with Gasteiger partial charge < -0.3 is 10.6 Å². The van der Waals surface area contributed by atoms with Gasteiger partial charge in [0.1, 0.15) is 0 Å². The number of hydrogen-bond acceptors (Lipinski definition) is 2. The van der Waals surface area contributed by atoms with Crippen molar-refractivity contribution in [2.45, 2.75) is 0 Å². The molecule has 1 amide bonds. The molecule has 10 heavy (non-hydrogen) atoms. The van der Waals surface area contributed by atoms with Crippen molar-refractivity contribution in [1.29, 1.82) is 0 Å². The van der Waals surface area contributed by atoms with E-state index >= 15 is 0 Å². The number of nitrogens with one attached hydrogen (secondary N) is 2. The van der Waals surface area contributed by atoms with E-state index in [1.165, 1.54) is 0 Å². The second-order valence-corrected chi connectivity index (χ2v) is 1.71. The monoisotopic (exact) mass is 135 g/mol. The van der Waals surface area contributed by atoms with Crippen molar-refractivity contribution in [2.24, 2.45) is 0 Å². The van der Waals surface area contributed by atoms with Crippen LogP contribution in [0.1, 0.15) is 0 Å². The summed E-state index contributed by atoms with van der Waals surface area (Å²) in [5.41, 5.74) is 0.694. The highest BCUT2D eigenvalue weighted by atomic mass is 16.1. The fourth-order valence-electron chi connectivity index (χ4n) is 0.593. The summed E-state index contributed by atoms with van der Waals surface area (Å²) in [7, 11) is 0.